The van der Waals surface area contributed by atoms with Crippen LogP contribution >= 0.6 is 11.8 Å². The molecule has 0 radical (unpaired) electrons. The van der Waals surface area contributed by atoms with E-state index in [1.54, 1.807) is 12.1 Å². The Kier molecular flexibility index (Phi) is 5.99. The van der Waals surface area contributed by atoms with Crippen molar-refractivity contribution in [1.29, 1.82) is 0 Å². The highest BCUT2D eigenvalue weighted by atomic mass is 32.2. The first-order chi connectivity index (χ1) is 9.99. The fourth-order valence-corrected chi connectivity index (χ4v) is 4.01. The van der Waals surface area contributed by atoms with Crippen LogP contribution in [-0.4, -0.2) is 24.6 Å². The second-order valence-electron chi connectivity index (χ2n) is 5.68. The second-order valence-corrected chi connectivity index (χ2v) is 6.90. The van der Waals surface area contributed by atoms with E-state index in [0.29, 0.717) is 6.04 Å². The van der Waals surface area contributed by atoms with E-state index in [-0.39, 0.29) is 0 Å². The highest BCUT2D eigenvalue weighted by Crippen LogP contribution is 2.30. The maximum absolute atomic E-state index is 12.5. The zero-order valence-corrected chi connectivity index (χ0v) is 13.1. The summed E-state index contributed by atoms with van der Waals surface area (Å²) in [6.45, 7) is 0. The monoisotopic (exact) mass is 317 g/mol. The summed E-state index contributed by atoms with van der Waals surface area (Å²) in [5.74, 6) is 3.22. The van der Waals surface area contributed by atoms with E-state index in [9.17, 15) is 13.2 Å². The average Bonchev–Trinajstić information content (AvgIpc) is 2.47. The van der Waals surface area contributed by atoms with Gasteiger partial charge in [0.05, 0.1) is 5.56 Å². The molecule has 0 saturated carbocycles. The number of alkyl halides is 3. The van der Waals surface area contributed by atoms with Gasteiger partial charge in [0.25, 0.3) is 0 Å². The van der Waals surface area contributed by atoms with Gasteiger partial charge in [-0.3, -0.25) is 0 Å². The molecule has 0 aliphatic carbocycles. The average molecular weight is 317 g/mol. The maximum Gasteiger partial charge on any atom is 0.416 e. The molecule has 1 nitrogen and oxygen atoms in total. The van der Waals surface area contributed by atoms with Crippen molar-refractivity contribution in [3.8, 4) is 0 Å². The summed E-state index contributed by atoms with van der Waals surface area (Å²) < 4.78 is 37.6. The van der Waals surface area contributed by atoms with Crippen molar-refractivity contribution in [3.05, 3.63) is 35.4 Å². The molecule has 1 atom stereocenters. The molecule has 1 fully saturated rings. The number of likely N-dealkylation sites (N-methyl/N-ethyl adjacent to an activating group) is 1. The Labute approximate surface area is 128 Å². The van der Waals surface area contributed by atoms with Crippen molar-refractivity contribution in [2.45, 2.75) is 37.9 Å². The third-order valence-corrected chi connectivity index (χ3v) is 5.18. The van der Waals surface area contributed by atoms with Gasteiger partial charge in [-0.1, -0.05) is 12.1 Å². The minimum atomic E-state index is -4.25. The Hall–Kier alpha value is -0.680. The molecule has 1 unspecified atom stereocenters. The molecule has 1 aliphatic rings. The first-order valence-corrected chi connectivity index (χ1v) is 8.55. The van der Waals surface area contributed by atoms with Crippen molar-refractivity contribution < 1.29 is 13.2 Å². The van der Waals surface area contributed by atoms with Crippen LogP contribution in [-0.2, 0) is 12.6 Å². The zero-order chi connectivity index (χ0) is 15.3. The van der Waals surface area contributed by atoms with Gasteiger partial charge in [-0.25, -0.2) is 0 Å². The first-order valence-electron chi connectivity index (χ1n) is 7.40. The number of hydrogen-bond donors (Lipinski definition) is 1. The number of hydrogen-bond acceptors (Lipinski definition) is 2. The third kappa shape index (κ3) is 5.22. The summed E-state index contributed by atoms with van der Waals surface area (Å²) in [6, 6.07) is 5.90. The smallest absolute Gasteiger partial charge is 0.317 e. The summed E-state index contributed by atoms with van der Waals surface area (Å²) in [5.41, 5.74) is 0.393. The van der Waals surface area contributed by atoms with Crippen molar-refractivity contribution in [2.75, 3.05) is 18.6 Å². The van der Waals surface area contributed by atoms with E-state index in [1.807, 2.05) is 18.8 Å². The molecular formula is C16H22F3NS. The van der Waals surface area contributed by atoms with E-state index < -0.39 is 11.7 Å². The lowest BCUT2D eigenvalue weighted by Gasteiger charge is -2.26. The summed E-state index contributed by atoms with van der Waals surface area (Å²) in [6.07, 6.45) is 0.169. The Morgan fingerprint density at radius 2 is 1.81 bits per heavy atom. The van der Waals surface area contributed by atoms with E-state index in [4.69, 9.17) is 0 Å². The Bertz CT molecular complexity index is 424. The summed E-state index contributed by atoms with van der Waals surface area (Å²) in [7, 11) is 1.94. The number of halogens is 3. The largest absolute Gasteiger partial charge is 0.416 e. The molecule has 0 amide bonds. The maximum atomic E-state index is 12.5. The van der Waals surface area contributed by atoms with Gasteiger partial charge in [0.1, 0.15) is 0 Å². The fraction of sp³-hybridized carbons (Fsp3) is 0.625. The van der Waals surface area contributed by atoms with Gasteiger partial charge in [-0.15, -0.1) is 0 Å². The van der Waals surface area contributed by atoms with Gasteiger partial charge < -0.3 is 5.32 Å². The van der Waals surface area contributed by atoms with Crippen LogP contribution in [0.15, 0.2) is 24.3 Å². The molecule has 5 heteroatoms. The molecule has 1 aliphatic heterocycles. The van der Waals surface area contributed by atoms with Crippen LogP contribution in [0.2, 0.25) is 0 Å². The molecule has 1 N–H and O–H groups in total. The highest BCUT2D eigenvalue weighted by molar-refractivity contribution is 7.99. The van der Waals surface area contributed by atoms with Gasteiger partial charge in [-0.05, 0) is 67.9 Å². The van der Waals surface area contributed by atoms with Crippen LogP contribution in [0.25, 0.3) is 0 Å². The van der Waals surface area contributed by atoms with Crippen molar-refractivity contribution >= 4 is 11.8 Å². The van der Waals surface area contributed by atoms with Crippen molar-refractivity contribution in [1.82, 2.24) is 5.32 Å². The van der Waals surface area contributed by atoms with Gasteiger partial charge >= 0.3 is 6.18 Å². The molecule has 118 valence electrons. The fourth-order valence-electron chi connectivity index (χ4n) is 2.80. The molecule has 2 rings (SSSR count). The lowest BCUT2D eigenvalue weighted by Crippen LogP contribution is -2.31. The number of nitrogens with one attached hydrogen (secondary N) is 1. The Morgan fingerprint density at radius 1 is 1.19 bits per heavy atom. The highest BCUT2D eigenvalue weighted by Gasteiger charge is 2.30. The van der Waals surface area contributed by atoms with E-state index >= 15 is 0 Å². The minimum Gasteiger partial charge on any atom is -0.317 e. The van der Waals surface area contributed by atoms with Gasteiger partial charge in [-0.2, -0.15) is 24.9 Å². The number of rotatable bonds is 5. The molecule has 1 aromatic carbocycles. The SMILES string of the molecule is CNC(Cc1ccc(C(F)(F)F)cc1)CC1CCSCC1. The molecule has 1 aromatic rings. The van der Waals surface area contributed by atoms with E-state index in [2.05, 4.69) is 5.32 Å². The summed E-state index contributed by atoms with van der Waals surface area (Å²) >= 11 is 2.01. The molecule has 0 aromatic heterocycles. The van der Waals surface area contributed by atoms with Crippen LogP contribution in [0, 0.1) is 5.92 Å². The molecule has 21 heavy (non-hydrogen) atoms. The molecule has 1 saturated heterocycles. The van der Waals surface area contributed by atoms with Crippen LogP contribution in [0.5, 0.6) is 0 Å². The molecular weight excluding hydrogens is 295 g/mol. The molecule has 0 bridgehead atoms. The van der Waals surface area contributed by atoms with Crippen LogP contribution < -0.4 is 5.32 Å². The molecule has 0 spiro atoms. The minimum absolute atomic E-state index is 0.342. The Balaban J connectivity index is 1.91. The topological polar surface area (TPSA) is 12.0 Å². The van der Waals surface area contributed by atoms with Crippen LogP contribution in [0.4, 0.5) is 13.2 Å². The predicted octanol–water partition coefficient (Wildman–Crippen LogP) is 4.37. The second kappa shape index (κ2) is 7.54. The normalized spacial score (nSPS) is 18.7. The lowest BCUT2D eigenvalue weighted by atomic mass is 9.91. The van der Waals surface area contributed by atoms with E-state index in [0.717, 1.165) is 24.3 Å². The van der Waals surface area contributed by atoms with E-state index in [1.165, 1.54) is 36.5 Å². The Morgan fingerprint density at radius 3 is 2.33 bits per heavy atom. The van der Waals surface area contributed by atoms with Gasteiger partial charge in [0, 0.05) is 6.04 Å². The number of thioether (sulfide) groups is 1. The quantitative estimate of drug-likeness (QED) is 0.865. The standard InChI is InChI=1S/C16H22F3NS/c1-20-15(11-13-6-8-21-9-7-13)10-12-2-4-14(5-3-12)16(17,18)19/h2-5,13,15,20H,6-11H2,1H3. The summed E-state index contributed by atoms with van der Waals surface area (Å²) in [5, 5.41) is 3.31. The van der Waals surface area contributed by atoms with Crippen LogP contribution in [0.3, 0.4) is 0 Å². The summed E-state index contributed by atoms with van der Waals surface area (Å²) in [4.78, 5) is 0. The number of benzene rings is 1. The van der Waals surface area contributed by atoms with Crippen molar-refractivity contribution in [2.24, 2.45) is 5.92 Å². The van der Waals surface area contributed by atoms with Gasteiger partial charge in [0.15, 0.2) is 0 Å². The van der Waals surface area contributed by atoms with Crippen molar-refractivity contribution in [3.63, 3.8) is 0 Å². The molecule has 1 heterocycles. The van der Waals surface area contributed by atoms with Gasteiger partial charge in [0.2, 0.25) is 0 Å². The first kappa shape index (κ1) is 16.7. The van der Waals surface area contributed by atoms with Crippen LogP contribution in [0.1, 0.15) is 30.4 Å². The lowest BCUT2D eigenvalue weighted by molar-refractivity contribution is -0.137. The predicted molar refractivity (Wildman–Crippen MR) is 82.7 cm³/mol. The zero-order valence-electron chi connectivity index (χ0n) is 12.2. The third-order valence-electron chi connectivity index (χ3n) is 4.13.